The molecule has 1 unspecified atom stereocenters. The van der Waals surface area contributed by atoms with Crippen LogP contribution in [0.5, 0.6) is 0 Å². The quantitative estimate of drug-likeness (QED) is 0.844. The fraction of sp³-hybridized carbons (Fsp3) is 0.688. The number of hydrogen-bond acceptors (Lipinski definition) is 6. The van der Waals surface area contributed by atoms with Gasteiger partial charge in [0.05, 0.1) is 5.92 Å². The first-order chi connectivity index (χ1) is 11.2. The van der Waals surface area contributed by atoms with E-state index >= 15 is 0 Å². The standard InChI is InChI=1S/C16H22N4O3/c21-16(22)13-7-20(6-12(13)10-3-4-23-8-10)15-5-14(17-9-18-15)19-11-1-2-11/h5,9-13H,1-4,6-8H2,(H,21,22)(H,17,18,19)/t10?,12-,13+/m0/s1. The summed E-state index contributed by atoms with van der Waals surface area (Å²) < 4.78 is 5.46. The molecular weight excluding hydrogens is 296 g/mol. The summed E-state index contributed by atoms with van der Waals surface area (Å²) in [5, 5.41) is 12.9. The number of ether oxygens (including phenoxy) is 1. The molecule has 124 valence electrons. The van der Waals surface area contributed by atoms with Crippen molar-refractivity contribution in [2.45, 2.75) is 25.3 Å². The van der Waals surface area contributed by atoms with Gasteiger partial charge in [0.2, 0.25) is 0 Å². The Bertz CT molecular complexity index is 586. The molecule has 3 aliphatic rings. The highest BCUT2D eigenvalue weighted by Crippen LogP contribution is 2.36. The molecule has 3 atom stereocenters. The van der Waals surface area contributed by atoms with Gasteiger partial charge in [-0.05, 0) is 31.1 Å². The molecule has 3 fully saturated rings. The number of carbonyl (C=O) groups is 1. The fourth-order valence-electron chi connectivity index (χ4n) is 3.68. The molecule has 3 heterocycles. The van der Waals surface area contributed by atoms with Gasteiger partial charge in [-0.3, -0.25) is 4.79 Å². The van der Waals surface area contributed by atoms with Gasteiger partial charge in [0.1, 0.15) is 18.0 Å². The Kier molecular flexibility index (Phi) is 3.80. The van der Waals surface area contributed by atoms with Crippen LogP contribution in [0.3, 0.4) is 0 Å². The van der Waals surface area contributed by atoms with E-state index in [1.807, 2.05) is 6.07 Å². The highest BCUT2D eigenvalue weighted by Gasteiger charge is 2.43. The Morgan fingerprint density at radius 1 is 1.30 bits per heavy atom. The van der Waals surface area contributed by atoms with E-state index in [4.69, 9.17) is 4.74 Å². The second-order valence-corrected chi connectivity index (χ2v) is 6.82. The van der Waals surface area contributed by atoms with Crippen molar-refractivity contribution in [3.05, 3.63) is 12.4 Å². The van der Waals surface area contributed by atoms with Crippen molar-refractivity contribution in [2.24, 2.45) is 17.8 Å². The Balaban J connectivity index is 1.51. The molecule has 0 amide bonds. The first kappa shape index (κ1) is 14.7. The maximum atomic E-state index is 11.7. The SMILES string of the molecule is O=C(O)[C@@H]1CN(c2cc(NC3CC3)ncn2)C[C@H]1C1CCOC1. The molecule has 4 rings (SSSR count). The van der Waals surface area contributed by atoms with Crippen molar-refractivity contribution in [1.82, 2.24) is 9.97 Å². The number of nitrogens with one attached hydrogen (secondary N) is 1. The molecule has 2 N–H and O–H groups in total. The van der Waals surface area contributed by atoms with Crippen molar-refractivity contribution >= 4 is 17.6 Å². The Labute approximate surface area is 135 Å². The van der Waals surface area contributed by atoms with Crippen LogP contribution in [0.15, 0.2) is 12.4 Å². The molecule has 1 aromatic rings. The Morgan fingerprint density at radius 2 is 2.17 bits per heavy atom. The van der Waals surface area contributed by atoms with Crippen LogP contribution in [0.25, 0.3) is 0 Å². The molecule has 1 aromatic heterocycles. The molecular formula is C16H22N4O3. The van der Waals surface area contributed by atoms with Crippen molar-refractivity contribution < 1.29 is 14.6 Å². The van der Waals surface area contributed by atoms with Gasteiger partial charge >= 0.3 is 5.97 Å². The summed E-state index contributed by atoms with van der Waals surface area (Å²) in [4.78, 5) is 22.3. The highest BCUT2D eigenvalue weighted by molar-refractivity contribution is 5.72. The van der Waals surface area contributed by atoms with Crippen molar-refractivity contribution in [1.29, 1.82) is 0 Å². The third-order valence-corrected chi connectivity index (χ3v) is 5.16. The molecule has 2 aliphatic heterocycles. The Morgan fingerprint density at radius 3 is 2.87 bits per heavy atom. The summed E-state index contributed by atoms with van der Waals surface area (Å²) in [5.74, 6) is 1.05. The summed E-state index contributed by atoms with van der Waals surface area (Å²) in [6.45, 7) is 2.66. The van der Waals surface area contributed by atoms with E-state index in [1.165, 1.54) is 12.8 Å². The maximum Gasteiger partial charge on any atom is 0.308 e. The number of hydrogen-bond donors (Lipinski definition) is 2. The lowest BCUT2D eigenvalue weighted by Gasteiger charge is -2.21. The number of nitrogens with zero attached hydrogens (tertiary/aromatic N) is 3. The van der Waals surface area contributed by atoms with Crippen LogP contribution < -0.4 is 10.2 Å². The minimum absolute atomic E-state index is 0.129. The number of rotatable bonds is 5. The third kappa shape index (κ3) is 3.10. The predicted octanol–water partition coefficient (Wildman–Crippen LogP) is 1.22. The number of aromatic nitrogens is 2. The van der Waals surface area contributed by atoms with Gasteiger partial charge in [-0.1, -0.05) is 0 Å². The topological polar surface area (TPSA) is 87.6 Å². The molecule has 7 nitrogen and oxygen atoms in total. The van der Waals surface area contributed by atoms with Crippen molar-refractivity contribution in [3.8, 4) is 0 Å². The molecule has 7 heteroatoms. The molecule has 0 spiro atoms. The van der Waals surface area contributed by atoms with E-state index in [-0.39, 0.29) is 11.8 Å². The number of anilines is 2. The van der Waals surface area contributed by atoms with E-state index in [9.17, 15) is 9.90 Å². The van der Waals surface area contributed by atoms with Gasteiger partial charge in [-0.15, -0.1) is 0 Å². The average molecular weight is 318 g/mol. The summed E-state index contributed by atoms with van der Waals surface area (Å²) in [5.41, 5.74) is 0. The molecule has 0 aromatic carbocycles. The third-order valence-electron chi connectivity index (χ3n) is 5.16. The molecule has 1 saturated carbocycles. The van der Waals surface area contributed by atoms with E-state index in [1.54, 1.807) is 6.33 Å². The van der Waals surface area contributed by atoms with E-state index < -0.39 is 5.97 Å². The average Bonchev–Trinajstić information content (AvgIpc) is 3.06. The lowest BCUT2D eigenvalue weighted by atomic mass is 9.83. The summed E-state index contributed by atoms with van der Waals surface area (Å²) in [6.07, 6.45) is 4.89. The van der Waals surface area contributed by atoms with Crippen LogP contribution in [0.2, 0.25) is 0 Å². The molecule has 2 saturated heterocycles. The zero-order valence-electron chi connectivity index (χ0n) is 13.0. The van der Waals surface area contributed by atoms with Gasteiger partial charge < -0.3 is 20.1 Å². The van der Waals surface area contributed by atoms with Gasteiger partial charge in [-0.25, -0.2) is 9.97 Å². The number of carboxylic acids is 1. The highest BCUT2D eigenvalue weighted by atomic mass is 16.5. The van der Waals surface area contributed by atoms with Crippen LogP contribution in [0.4, 0.5) is 11.6 Å². The van der Waals surface area contributed by atoms with Gasteiger partial charge in [0, 0.05) is 38.4 Å². The lowest BCUT2D eigenvalue weighted by molar-refractivity contribution is -0.142. The minimum Gasteiger partial charge on any atom is -0.481 e. The fourth-order valence-corrected chi connectivity index (χ4v) is 3.68. The van der Waals surface area contributed by atoms with Crippen LogP contribution >= 0.6 is 0 Å². The summed E-state index contributed by atoms with van der Waals surface area (Å²) >= 11 is 0. The number of carboxylic acid groups (broad SMARTS) is 1. The maximum absolute atomic E-state index is 11.7. The van der Waals surface area contributed by atoms with Crippen LogP contribution in [-0.4, -0.2) is 53.4 Å². The second kappa shape index (κ2) is 5.96. The van der Waals surface area contributed by atoms with Gasteiger partial charge in [0.15, 0.2) is 0 Å². The predicted molar refractivity (Wildman–Crippen MR) is 84.4 cm³/mol. The van der Waals surface area contributed by atoms with Crippen molar-refractivity contribution in [2.75, 3.05) is 36.5 Å². The zero-order valence-corrected chi connectivity index (χ0v) is 13.0. The summed E-state index contributed by atoms with van der Waals surface area (Å²) in [6, 6.07) is 2.47. The van der Waals surface area contributed by atoms with E-state index in [0.717, 1.165) is 31.2 Å². The van der Waals surface area contributed by atoms with Crippen LogP contribution in [-0.2, 0) is 9.53 Å². The molecule has 23 heavy (non-hydrogen) atoms. The summed E-state index contributed by atoms with van der Waals surface area (Å²) in [7, 11) is 0. The monoisotopic (exact) mass is 318 g/mol. The van der Waals surface area contributed by atoms with Gasteiger partial charge in [0.25, 0.3) is 0 Å². The minimum atomic E-state index is -0.713. The zero-order chi connectivity index (χ0) is 15.8. The van der Waals surface area contributed by atoms with Crippen molar-refractivity contribution in [3.63, 3.8) is 0 Å². The molecule has 0 radical (unpaired) electrons. The first-order valence-electron chi connectivity index (χ1n) is 8.35. The normalized spacial score (nSPS) is 30.6. The lowest BCUT2D eigenvalue weighted by Crippen LogP contribution is -2.28. The molecule has 0 bridgehead atoms. The number of aliphatic carboxylic acids is 1. The Hall–Kier alpha value is -1.89. The van der Waals surface area contributed by atoms with E-state index in [0.29, 0.717) is 25.1 Å². The first-order valence-corrected chi connectivity index (χ1v) is 8.35. The second-order valence-electron chi connectivity index (χ2n) is 6.82. The van der Waals surface area contributed by atoms with Crippen LogP contribution in [0.1, 0.15) is 19.3 Å². The largest absolute Gasteiger partial charge is 0.481 e. The van der Waals surface area contributed by atoms with Crippen LogP contribution in [0, 0.1) is 17.8 Å². The van der Waals surface area contributed by atoms with E-state index in [2.05, 4.69) is 20.2 Å². The van der Waals surface area contributed by atoms with Gasteiger partial charge in [-0.2, -0.15) is 0 Å². The molecule has 1 aliphatic carbocycles. The smallest absolute Gasteiger partial charge is 0.308 e.